The lowest BCUT2D eigenvalue weighted by atomic mass is 9.89. The molecule has 0 saturated carbocycles. The van der Waals surface area contributed by atoms with Gasteiger partial charge in [-0.25, -0.2) is 0 Å². The minimum Gasteiger partial charge on any atom is -0.375 e. The van der Waals surface area contributed by atoms with E-state index in [9.17, 15) is 14.7 Å². The number of aryl methyl sites for hydroxylation is 1. The molecule has 2 aromatic carbocycles. The SMILES string of the molecule is Cc1ccc(CN2C(=O)[C@](O)(CC(=O)c3ccc(Cl)s3)c3cc(Cl)ccc32)cc1. The molecule has 1 N–H and O–H groups in total. The van der Waals surface area contributed by atoms with E-state index in [4.69, 9.17) is 23.2 Å². The maximum Gasteiger partial charge on any atom is 0.264 e. The number of nitrogens with zero attached hydrogens (tertiary/aromatic N) is 1. The molecule has 4 rings (SSSR count). The Hall–Kier alpha value is -2.18. The van der Waals surface area contributed by atoms with Gasteiger partial charge < -0.3 is 10.0 Å². The Labute approximate surface area is 182 Å². The van der Waals surface area contributed by atoms with Crippen molar-refractivity contribution in [2.45, 2.75) is 25.5 Å². The molecular weight excluding hydrogens is 429 g/mol. The van der Waals surface area contributed by atoms with Crippen LogP contribution >= 0.6 is 34.5 Å². The van der Waals surface area contributed by atoms with Gasteiger partial charge in [-0.15, -0.1) is 11.3 Å². The van der Waals surface area contributed by atoms with Crippen LogP contribution in [0, 0.1) is 6.92 Å². The highest BCUT2D eigenvalue weighted by Gasteiger charge is 2.51. The lowest BCUT2D eigenvalue weighted by Gasteiger charge is -2.22. The number of thiophene rings is 1. The molecule has 1 atom stereocenters. The molecule has 1 aliphatic rings. The molecule has 0 spiro atoms. The minimum absolute atomic E-state index is 0.287. The molecular formula is C22H17Cl2NO3S. The van der Waals surface area contributed by atoms with Crippen molar-refractivity contribution >= 4 is 51.9 Å². The molecule has 4 nitrogen and oxygen atoms in total. The fourth-order valence-electron chi connectivity index (χ4n) is 3.51. The van der Waals surface area contributed by atoms with Crippen molar-refractivity contribution in [3.63, 3.8) is 0 Å². The van der Waals surface area contributed by atoms with Crippen molar-refractivity contribution in [3.05, 3.63) is 85.5 Å². The Bertz CT molecular complexity index is 1110. The van der Waals surface area contributed by atoms with Crippen LogP contribution < -0.4 is 4.90 Å². The summed E-state index contributed by atoms with van der Waals surface area (Å²) in [6.45, 7) is 2.28. The van der Waals surface area contributed by atoms with Crippen molar-refractivity contribution in [3.8, 4) is 0 Å². The maximum atomic E-state index is 13.3. The van der Waals surface area contributed by atoms with E-state index < -0.39 is 11.5 Å². The average molecular weight is 446 g/mol. The van der Waals surface area contributed by atoms with Crippen molar-refractivity contribution in [2.24, 2.45) is 0 Å². The molecule has 1 aliphatic heterocycles. The normalized spacial score (nSPS) is 18.2. The number of fused-ring (bicyclic) bond motifs is 1. The van der Waals surface area contributed by atoms with Crippen LogP contribution in [0.2, 0.25) is 9.36 Å². The fourth-order valence-corrected chi connectivity index (χ4v) is 4.66. The van der Waals surface area contributed by atoms with Crippen LogP contribution in [-0.2, 0) is 16.9 Å². The number of carbonyl (C=O) groups is 2. The number of anilines is 1. The number of carbonyl (C=O) groups excluding carboxylic acids is 2. The van der Waals surface area contributed by atoms with Crippen LogP contribution in [0.4, 0.5) is 5.69 Å². The predicted molar refractivity (Wildman–Crippen MR) is 116 cm³/mol. The van der Waals surface area contributed by atoms with Gasteiger partial charge in [0.2, 0.25) is 0 Å². The van der Waals surface area contributed by atoms with Crippen LogP contribution in [0.3, 0.4) is 0 Å². The summed E-state index contributed by atoms with van der Waals surface area (Å²) in [5, 5.41) is 11.8. The van der Waals surface area contributed by atoms with Gasteiger partial charge in [0, 0.05) is 10.6 Å². The van der Waals surface area contributed by atoms with Crippen LogP contribution in [-0.4, -0.2) is 16.8 Å². The summed E-state index contributed by atoms with van der Waals surface area (Å²) in [4.78, 5) is 28.0. The fraction of sp³-hybridized carbons (Fsp3) is 0.182. The Morgan fingerprint density at radius 2 is 1.83 bits per heavy atom. The second kappa shape index (κ2) is 7.58. The van der Waals surface area contributed by atoms with Gasteiger partial charge in [0.25, 0.3) is 5.91 Å². The minimum atomic E-state index is -1.97. The standard InChI is InChI=1S/C22H17Cl2NO3S/c1-13-2-4-14(5-3-13)12-25-17-7-6-15(23)10-16(17)22(28,21(25)27)11-18(26)19-8-9-20(24)29-19/h2-10,28H,11-12H2,1H3/t22-/m0/s1. The highest BCUT2D eigenvalue weighted by molar-refractivity contribution is 7.18. The van der Waals surface area contributed by atoms with E-state index in [1.54, 1.807) is 30.3 Å². The molecule has 1 amide bonds. The molecule has 3 aromatic rings. The third-order valence-electron chi connectivity index (χ3n) is 5.02. The number of hydrogen-bond donors (Lipinski definition) is 1. The van der Waals surface area contributed by atoms with Gasteiger partial charge in [0.15, 0.2) is 11.4 Å². The molecule has 148 valence electrons. The summed E-state index contributed by atoms with van der Waals surface area (Å²) in [5.41, 5.74) is 0.965. The van der Waals surface area contributed by atoms with Crippen molar-refractivity contribution < 1.29 is 14.7 Å². The van der Waals surface area contributed by atoms with Crippen LogP contribution in [0.5, 0.6) is 0 Å². The summed E-state index contributed by atoms with van der Waals surface area (Å²) in [5.74, 6) is -0.882. The summed E-state index contributed by atoms with van der Waals surface area (Å²) in [6, 6.07) is 16.0. The van der Waals surface area contributed by atoms with Crippen LogP contribution in [0.1, 0.15) is 32.8 Å². The number of Topliss-reactive ketones (excluding diaryl/α,β-unsaturated/α-hetero) is 1. The van der Waals surface area contributed by atoms with Crippen molar-refractivity contribution in [2.75, 3.05) is 4.90 Å². The first-order valence-corrected chi connectivity index (χ1v) is 10.5. The van der Waals surface area contributed by atoms with Gasteiger partial charge in [-0.2, -0.15) is 0 Å². The largest absolute Gasteiger partial charge is 0.375 e. The highest BCUT2D eigenvalue weighted by Crippen LogP contribution is 2.45. The number of benzene rings is 2. The van der Waals surface area contributed by atoms with Gasteiger partial charge in [-0.3, -0.25) is 9.59 Å². The Kier molecular flexibility index (Phi) is 5.25. The zero-order chi connectivity index (χ0) is 20.8. The first-order valence-electron chi connectivity index (χ1n) is 8.96. The van der Waals surface area contributed by atoms with E-state index in [2.05, 4.69) is 0 Å². The third kappa shape index (κ3) is 3.71. The van der Waals surface area contributed by atoms with E-state index in [-0.39, 0.29) is 18.7 Å². The van der Waals surface area contributed by atoms with Gasteiger partial charge in [-0.05, 0) is 42.8 Å². The summed E-state index contributed by atoms with van der Waals surface area (Å²) >= 11 is 13.2. The van der Waals surface area contributed by atoms with Crippen LogP contribution in [0.25, 0.3) is 0 Å². The van der Waals surface area contributed by atoms with Crippen LogP contribution in [0.15, 0.2) is 54.6 Å². The summed E-state index contributed by atoms with van der Waals surface area (Å²) in [6.07, 6.45) is -0.375. The predicted octanol–water partition coefficient (Wildman–Crippen LogP) is 5.37. The second-order valence-corrected chi connectivity index (χ2v) is 9.25. The monoisotopic (exact) mass is 445 g/mol. The molecule has 7 heteroatoms. The number of ketones is 1. The van der Waals surface area contributed by atoms with Gasteiger partial charge in [-0.1, -0.05) is 53.0 Å². The molecule has 29 heavy (non-hydrogen) atoms. The Morgan fingerprint density at radius 1 is 1.10 bits per heavy atom. The van der Waals surface area contributed by atoms with Gasteiger partial charge in [0.05, 0.1) is 27.9 Å². The topological polar surface area (TPSA) is 57.6 Å². The van der Waals surface area contributed by atoms with E-state index >= 15 is 0 Å². The quantitative estimate of drug-likeness (QED) is 0.536. The molecule has 0 saturated heterocycles. The summed E-state index contributed by atoms with van der Waals surface area (Å²) in [7, 11) is 0. The molecule has 0 unspecified atom stereocenters. The third-order valence-corrected chi connectivity index (χ3v) is 6.53. The number of hydrogen-bond acceptors (Lipinski definition) is 4. The van der Waals surface area contributed by atoms with E-state index in [1.165, 1.54) is 4.90 Å². The molecule has 2 heterocycles. The first-order chi connectivity index (χ1) is 13.8. The smallest absolute Gasteiger partial charge is 0.264 e. The van der Waals surface area contributed by atoms with Crippen molar-refractivity contribution in [1.29, 1.82) is 0 Å². The zero-order valence-corrected chi connectivity index (χ0v) is 17.8. The molecule has 0 radical (unpaired) electrons. The van der Waals surface area contributed by atoms with E-state index in [0.29, 0.717) is 25.5 Å². The Balaban J connectivity index is 1.71. The first kappa shape index (κ1) is 20.1. The number of halogens is 2. The van der Waals surface area contributed by atoms with E-state index in [1.807, 2.05) is 31.2 Å². The van der Waals surface area contributed by atoms with Crippen molar-refractivity contribution in [1.82, 2.24) is 0 Å². The molecule has 0 bridgehead atoms. The molecule has 1 aromatic heterocycles. The summed E-state index contributed by atoms with van der Waals surface area (Å²) < 4.78 is 0.475. The highest BCUT2D eigenvalue weighted by atomic mass is 35.5. The molecule has 0 fully saturated rings. The lowest BCUT2D eigenvalue weighted by Crippen LogP contribution is -2.41. The Morgan fingerprint density at radius 3 is 2.48 bits per heavy atom. The second-order valence-electron chi connectivity index (χ2n) is 7.10. The lowest BCUT2D eigenvalue weighted by molar-refractivity contribution is -0.136. The number of amides is 1. The average Bonchev–Trinajstić information content (AvgIpc) is 3.20. The number of aliphatic hydroxyl groups is 1. The zero-order valence-electron chi connectivity index (χ0n) is 15.5. The number of rotatable bonds is 5. The maximum absolute atomic E-state index is 13.3. The molecule has 0 aliphatic carbocycles. The van der Waals surface area contributed by atoms with Gasteiger partial charge >= 0.3 is 0 Å². The van der Waals surface area contributed by atoms with Gasteiger partial charge in [0.1, 0.15) is 0 Å². The van der Waals surface area contributed by atoms with E-state index in [0.717, 1.165) is 22.5 Å².